The topological polar surface area (TPSA) is 82.8 Å². The number of H-pyrrole nitrogens is 1. The van der Waals surface area contributed by atoms with Crippen LogP contribution in [0.3, 0.4) is 0 Å². The SMILES string of the molecule is Cc1ccc(-c2cc(C(=O)O)cc(-[n+]3[nH]nnc3C)c2)cc1. The fourth-order valence-electron chi connectivity index (χ4n) is 2.28. The Labute approximate surface area is 127 Å². The van der Waals surface area contributed by atoms with Gasteiger partial charge >= 0.3 is 11.8 Å². The average molecular weight is 295 g/mol. The minimum atomic E-state index is -0.971. The Kier molecular flexibility index (Phi) is 3.42. The monoisotopic (exact) mass is 295 g/mol. The van der Waals surface area contributed by atoms with Crippen molar-refractivity contribution >= 4 is 5.97 Å². The summed E-state index contributed by atoms with van der Waals surface area (Å²) in [6.45, 7) is 3.81. The van der Waals surface area contributed by atoms with Gasteiger partial charge in [-0.15, -0.1) is 4.68 Å². The number of carboxylic acids is 1. The molecule has 6 heteroatoms. The fourth-order valence-corrected chi connectivity index (χ4v) is 2.28. The van der Waals surface area contributed by atoms with Crippen LogP contribution < -0.4 is 4.68 Å². The van der Waals surface area contributed by atoms with Crippen LogP contribution in [0.5, 0.6) is 0 Å². The highest BCUT2D eigenvalue weighted by atomic mass is 16.4. The van der Waals surface area contributed by atoms with E-state index >= 15 is 0 Å². The number of aryl methyl sites for hydroxylation is 2. The number of nitrogens with zero attached hydrogens (tertiary/aromatic N) is 3. The van der Waals surface area contributed by atoms with Crippen LogP contribution in [-0.2, 0) is 0 Å². The van der Waals surface area contributed by atoms with Crippen LogP contribution >= 0.6 is 0 Å². The lowest BCUT2D eigenvalue weighted by atomic mass is 10.0. The highest BCUT2D eigenvalue weighted by Crippen LogP contribution is 2.23. The summed E-state index contributed by atoms with van der Waals surface area (Å²) in [5, 5.41) is 19.7. The van der Waals surface area contributed by atoms with E-state index in [0.29, 0.717) is 11.5 Å². The Morgan fingerprint density at radius 2 is 1.82 bits per heavy atom. The Morgan fingerprint density at radius 1 is 1.09 bits per heavy atom. The van der Waals surface area contributed by atoms with E-state index in [4.69, 9.17) is 0 Å². The first-order valence-electron chi connectivity index (χ1n) is 6.80. The first kappa shape index (κ1) is 13.9. The third kappa shape index (κ3) is 2.58. The second-order valence-electron chi connectivity index (χ2n) is 5.12. The Balaban J connectivity index is 2.18. The van der Waals surface area contributed by atoms with Gasteiger partial charge in [-0.25, -0.2) is 4.79 Å². The van der Waals surface area contributed by atoms with Crippen molar-refractivity contribution in [2.24, 2.45) is 0 Å². The molecule has 1 heterocycles. The van der Waals surface area contributed by atoms with E-state index in [2.05, 4.69) is 15.5 Å². The van der Waals surface area contributed by atoms with Crippen LogP contribution in [-0.4, -0.2) is 26.6 Å². The van der Waals surface area contributed by atoms with Crippen molar-refractivity contribution in [1.29, 1.82) is 0 Å². The van der Waals surface area contributed by atoms with E-state index in [1.165, 1.54) is 0 Å². The lowest BCUT2D eigenvalue weighted by Gasteiger charge is -2.07. The van der Waals surface area contributed by atoms with Crippen molar-refractivity contribution in [1.82, 2.24) is 15.5 Å². The molecule has 0 atom stereocenters. The van der Waals surface area contributed by atoms with Gasteiger partial charge in [-0.3, -0.25) is 0 Å². The van der Waals surface area contributed by atoms with Crippen LogP contribution in [0.25, 0.3) is 16.8 Å². The highest BCUT2D eigenvalue weighted by molar-refractivity contribution is 5.90. The normalized spacial score (nSPS) is 10.6. The van der Waals surface area contributed by atoms with Crippen LogP contribution in [0, 0.1) is 13.8 Å². The molecule has 2 N–H and O–H groups in total. The summed E-state index contributed by atoms with van der Waals surface area (Å²) in [5.74, 6) is -0.321. The van der Waals surface area contributed by atoms with E-state index in [1.807, 2.05) is 37.3 Å². The molecule has 110 valence electrons. The van der Waals surface area contributed by atoms with Crippen LogP contribution in [0.4, 0.5) is 0 Å². The second kappa shape index (κ2) is 5.40. The third-order valence-electron chi connectivity index (χ3n) is 3.47. The largest absolute Gasteiger partial charge is 0.478 e. The van der Waals surface area contributed by atoms with Gasteiger partial charge < -0.3 is 5.11 Å². The van der Waals surface area contributed by atoms with E-state index in [-0.39, 0.29) is 5.56 Å². The Bertz CT molecular complexity index is 838. The smallest absolute Gasteiger partial charge is 0.335 e. The summed E-state index contributed by atoms with van der Waals surface area (Å²) in [6, 6.07) is 13.1. The number of rotatable bonds is 3. The molecule has 0 bridgehead atoms. The van der Waals surface area contributed by atoms with Gasteiger partial charge in [0.05, 0.1) is 5.56 Å². The lowest BCUT2D eigenvalue weighted by Crippen LogP contribution is -2.36. The molecular weight excluding hydrogens is 280 g/mol. The van der Waals surface area contributed by atoms with E-state index < -0.39 is 5.97 Å². The van der Waals surface area contributed by atoms with Gasteiger partial charge in [0.1, 0.15) is 10.8 Å². The standard InChI is InChI=1S/C16H14N4O2/c1-10-3-5-12(6-4-10)13-7-14(16(21)22)9-15(8-13)20-11(2)17-18-19-20/h3-9H,1-2H3,(H,21,22)/p+1. The van der Waals surface area contributed by atoms with Crippen molar-refractivity contribution in [2.45, 2.75) is 13.8 Å². The van der Waals surface area contributed by atoms with Crippen LogP contribution in [0.15, 0.2) is 42.5 Å². The average Bonchev–Trinajstić information content (AvgIpc) is 2.93. The van der Waals surface area contributed by atoms with Gasteiger partial charge in [0.15, 0.2) is 5.21 Å². The molecule has 0 spiro atoms. The Hall–Kier alpha value is -3.02. The maximum atomic E-state index is 11.4. The molecule has 2 aromatic carbocycles. The molecule has 0 saturated heterocycles. The molecule has 0 radical (unpaired) electrons. The van der Waals surface area contributed by atoms with Crippen LogP contribution in [0.1, 0.15) is 21.7 Å². The van der Waals surface area contributed by atoms with Gasteiger partial charge in [0.2, 0.25) is 0 Å². The van der Waals surface area contributed by atoms with Crippen molar-refractivity contribution < 1.29 is 14.6 Å². The first-order chi connectivity index (χ1) is 10.5. The number of tetrazole rings is 1. The zero-order valence-electron chi connectivity index (χ0n) is 12.2. The zero-order chi connectivity index (χ0) is 15.7. The Morgan fingerprint density at radius 3 is 2.41 bits per heavy atom. The van der Waals surface area contributed by atoms with Gasteiger partial charge in [-0.1, -0.05) is 35.0 Å². The van der Waals surface area contributed by atoms with Crippen molar-refractivity contribution in [3.63, 3.8) is 0 Å². The number of hydrogen-bond donors (Lipinski definition) is 2. The fraction of sp³-hybridized carbons (Fsp3) is 0.125. The molecule has 1 aromatic heterocycles. The van der Waals surface area contributed by atoms with Gasteiger partial charge in [0.25, 0.3) is 0 Å². The van der Waals surface area contributed by atoms with E-state index in [0.717, 1.165) is 16.7 Å². The molecular formula is C16H15N4O2+. The quantitative estimate of drug-likeness (QED) is 0.725. The third-order valence-corrected chi connectivity index (χ3v) is 3.47. The number of hydrogen-bond acceptors (Lipinski definition) is 3. The number of benzene rings is 2. The number of aromatic carboxylic acids is 1. The number of aromatic nitrogens is 4. The molecule has 0 saturated carbocycles. The van der Waals surface area contributed by atoms with Gasteiger partial charge in [-0.2, -0.15) is 0 Å². The molecule has 0 amide bonds. The lowest BCUT2D eigenvalue weighted by molar-refractivity contribution is -0.666. The summed E-state index contributed by atoms with van der Waals surface area (Å²) in [5.41, 5.74) is 3.84. The summed E-state index contributed by atoms with van der Waals surface area (Å²) in [4.78, 5) is 11.4. The summed E-state index contributed by atoms with van der Waals surface area (Å²) < 4.78 is 1.64. The summed E-state index contributed by atoms with van der Waals surface area (Å²) >= 11 is 0. The number of aromatic amines is 1. The molecule has 6 nitrogen and oxygen atoms in total. The predicted molar refractivity (Wildman–Crippen MR) is 79.8 cm³/mol. The molecule has 0 aliphatic carbocycles. The number of carboxylic acid groups (broad SMARTS) is 1. The highest BCUT2D eigenvalue weighted by Gasteiger charge is 2.16. The molecule has 3 rings (SSSR count). The maximum absolute atomic E-state index is 11.4. The second-order valence-corrected chi connectivity index (χ2v) is 5.12. The summed E-state index contributed by atoms with van der Waals surface area (Å²) in [7, 11) is 0. The zero-order valence-corrected chi connectivity index (χ0v) is 12.2. The van der Waals surface area contributed by atoms with Gasteiger partial charge in [0, 0.05) is 6.92 Å². The van der Waals surface area contributed by atoms with Crippen molar-refractivity contribution in [3.05, 3.63) is 59.4 Å². The van der Waals surface area contributed by atoms with Crippen molar-refractivity contribution in [2.75, 3.05) is 0 Å². The van der Waals surface area contributed by atoms with Gasteiger partial charge in [-0.05, 0) is 36.2 Å². The molecule has 0 aliphatic heterocycles. The molecule has 22 heavy (non-hydrogen) atoms. The predicted octanol–water partition coefficient (Wildman–Crippen LogP) is 2.06. The van der Waals surface area contributed by atoms with Crippen LogP contribution in [0.2, 0.25) is 0 Å². The minimum absolute atomic E-state index is 0.217. The number of nitrogens with one attached hydrogen (secondary N) is 1. The molecule has 0 unspecified atom stereocenters. The van der Waals surface area contributed by atoms with Crippen molar-refractivity contribution in [3.8, 4) is 16.8 Å². The first-order valence-corrected chi connectivity index (χ1v) is 6.80. The molecule has 0 fully saturated rings. The maximum Gasteiger partial charge on any atom is 0.335 e. The molecule has 3 aromatic rings. The van der Waals surface area contributed by atoms with E-state index in [1.54, 1.807) is 23.7 Å². The summed E-state index contributed by atoms with van der Waals surface area (Å²) in [6.07, 6.45) is 0. The number of carbonyl (C=O) groups is 1. The van der Waals surface area contributed by atoms with E-state index in [9.17, 15) is 9.90 Å². The minimum Gasteiger partial charge on any atom is -0.478 e. The molecule has 0 aliphatic rings.